The molecule has 0 aliphatic rings. The van der Waals surface area contributed by atoms with Crippen LogP contribution >= 0.6 is 0 Å². The van der Waals surface area contributed by atoms with E-state index in [9.17, 15) is 13.5 Å². The molecular weight excluding hydrogens is 490 g/mol. The van der Waals surface area contributed by atoms with Crippen LogP contribution in [0.25, 0.3) is 22.9 Å². The first-order chi connectivity index (χ1) is 16.9. The number of sulfonamides is 1. The van der Waals surface area contributed by atoms with Gasteiger partial charge >= 0.3 is 0 Å². The minimum Gasteiger partial charge on any atom is -0.493 e. The van der Waals surface area contributed by atoms with E-state index in [-0.39, 0.29) is 58.1 Å². The zero-order valence-corrected chi connectivity index (χ0v) is 19.8. The van der Waals surface area contributed by atoms with E-state index in [1.54, 1.807) is 36.4 Å². The maximum Gasteiger partial charge on any atom is 0.262 e. The Kier molecular flexibility index (Phi) is 8.45. The second kappa shape index (κ2) is 11.5. The van der Waals surface area contributed by atoms with E-state index in [2.05, 4.69) is 19.9 Å². The summed E-state index contributed by atoms with van der Waals surface area (Å²) in [6, 6.07) is 14.5. The SMILES string of the molecule is COc1ccccc1Oc1c(OCCO)nc(-c2ncccn2)nc1-c1ccccc1S(N)(=O)=O.O. The Hall–Kier alpha value is -4.17. The highest BCUT2D eigenvalue weighted by molar-refractivity contribution is 7.89. The zero-order valence-electron chi connectivity index (χ0n) is 19.0. The van der Waals surface area contributed by atoms with Gasteiger partial charge in [-0.1, -0.05) is 30.3 Å². The van der Waals surface area contributed by atoms with Gasteiger partial charge in [0.05, 0.1) is 18.6 Å². The van der Waals surface area contributed by atoms with Crippen molar-refractivity contribution in [3.8, 4) is 46.0 Å². The Bertz CT molecular complexity index is 1440. The molecule has 0 bridgehead atoms. The number of aliphatic hydroxyl groups is 1. The van der Waals surface area contributed by atoms with Crippen LogP contribution in [0, 0.1) is 0 Å². The van der Waals surface area contributed by atoms with E-state index < -0.39 is 10.0 Å². The largest absolute Gasteiger partial charge is 0.493 e. The molecule has 0 amide bonds. The molecule has 2 heterocycles. The maximum atomic E-state index is 12.4. The zero-order chi connectivity index (χ0) is 24.8. The molecule has 2 aromatic heterocycles. The van der Waals surface area contributed by atoms with Crippen molar-refractivity contribution in [3.05, 3.63) is 67.0 Å². The monoisotopic (exact) mass is 513 g/mol. The van der Waals surface area contributed by atoms with Crippen molar-refractivity contribution in [1.82, 2.24) is 19.9 Å². The van der Waals surface area contributed by atoms with Gasteiger partial charge in [-0.3, -0.25) is 0 Å². The third kappa shape index (κ3) is 5.72. The van der Waals surface area contributed by atoms with Crippen LogP contribution in [0.4, 0.5) is 0 Å². The second-order valence-corrected chi connectivity index (χ2v) is 8.50. The molecule has 0 saturated carbocycles. The summed E-state index contributed by atoms with van der Waals surface area (Å²) in [5.74, 6) is 0.831. The fraction of sp³-hybridized carbons (Fsp3) is 0.130. The summed E-state index contributed by atoms with van der Waals surface area (Å²) in [4.78, 5) is 17.1. The van der Waals surface area contributed by atoms with Crippen LogP contribution < -0.4 is 19.3 Å². The molecule has 0 fully saturated rings. The second-order valence-electron chi connectivity index (χ2n) is 6.97. The Labute approximate surface area is 206 Å². The number of nitrogens with two attached hydrogens (primary N) is 1. The van der Waals surface area contributed by atoms with Crippen molar-refractivity contribution in [2.75, 3.05) is 20.3 Å². The fourth-order valence-electron chi connectivity index (χ4n) is 3.18. The van der Waals surface area contributed by atoms with Crippen LogP contribution in [-0.2, 0) is 10.0 Å². The molecule has 36 heavy (non-hydrogen) atoms. The first kappa shape index (κ1) is 26.4. The lowest BCUT2D eigenvalue weighted by Gasteiger charge is -2.18. The number of para-hydroxylation sites is 2. The summed E-state index contributed by atoms with van der Waals surface area (Å²) < 4.78 is 42.0. The van der Waals surface area contributed by atoms with Gasteiger partial charge in [0.15, 0.2) is 17.3 Å². The van der Waals surface area contributed by atoms with Crippen LogP contribution in [0.5, 0.6) is 23.1 Å². The summed E-state index contributed by atoms with van der Waals surface area (Å²) in [7, 11) is -2.66. The summed E-state index contributed by atoms with van der Waals surface area (Å²) in [6.45, 7) is -0.428. The van der Waals surface area contributed by atoms with Gasteiger partial charge in [0.2, 0.25) is 21.6 Å². The van der Waals surface area contributed by atoms with Gasteiger partial charge in [0, 0.05) is 18.0 Å². The molecule has 0 aliphatic carbocycles. The van der Waals surface area contributed by atoms with E-state index in [4.69, 9.17) is 19.3 Å². The molecule has 4 rings (SSSR count). The Morgan fingerprint density at radius 2 is 1.58 bits per heavy atom. The third-order valence-corrected chi connectivity index (χ3v) is 5.63. The summed E-state index contributed by atoms with van der Waals surface area (Å²) >= 11 is 0. The van der Waals surface area contributed by atoms with Gasteiger partial charge in [-0.05, 0) is 24.3 Å². The number of hydrogen-bond donors (Lipinski definition) is 2. The quantitative estimate of drug-likeness (QED) is 0.332. The lowest BCUT2D eigenvalue weighted by atomic mass is 10.1. The van der Waals surface area contributed by atoms with Crippen molar-refractivity contribution in [2.24, 2.45) is 5.14 Å². The number of aliphatic hydroxyl groups excluding tert-OH is 1. The standard InChI is InChI=1S/C23H21N5O6S.H2O/c1-32-16-8-3-4-9-17(16)34-20-19(15-7-2-5-10-18(15)35(24,30)31)27-22(21-25-11-6-12-26-21)28-23(20)33-14-13-29;/h2-12,29H,13-14H2,1H3,(H2,24,30,31);1H2. The predicted molar refractivity (Wildman–Crippen MR) is 129 cm³/mol. The number of primary sulfonamides is 1. The van der Waals surface area contributed by atoms with Crippen molar-refractivity contribution >= 4 is 10.0 Å². The highest BCUT2D eigenvalue weighted by Gasteiger charge is 2.26. The Balaban J connectivity index is 0.00000361. The van der Waals surface area contributed by atoms with Gasteiger partial charge in [0.25, 0.3) is 5.88 Å². The van der Waals surface area contributed by atoms with Crippen molar-refractivity contribution < 1.29 is 33.2 Å². The van der Waals surface area contributed by atoms with Crippen LogP contribution in [0.2, 0.25) is 0 Å². The smallest absolute Gasteiger partial charge is 0.262 e. The van der Waals surface area contributed by atoms with Gasteiger partial charge in [-0.2, -0.15) is 4.98 Å². The minimum atomic E-state index is -4.14. The Morgan fingerprint density at radius 3 is 2.25 bits per heavy atom. The summed E-state index contributed by atoms with van der Waals surface area (Å²) in [5.41, 5.74) is 0.208. The van der Waals surface area contributed by atoms with Gasteiger partial charge in [0.1, 0.15) is 12.3 Å². The number of benzene rings is 2. The number of nitrogens with zero attached hydrogens (tertiary/aromatic N) is 4. The molecule has 13 heteroatoms. The fourth-order valence-corrected chi connectivity index (χ4v) is 3.92. The lowest BCUT2D eigenvalue weighted by molar-refractivity contribution is 0.192. The lowest BCUT2D eigenvalue weighted by Crippen LogP contribution is -2.14. The molecule has 0 atom stereocenters. The topological polar surface area (TPSA) is 191 Å². The van der Waals surface area contributed by atoms with Crippen LogP contribution in [0.1, 0.15) is 0 Å². The van der Waals surface area contributed by atoms with Crippen molar-refractivity contribution in [2.45, 2.75) is 4.90 Å². The molecule has 0 spiro atoms. The first-order valence-electron chi connectivity index (χ1n) is 10.3. The van der Waals surface area contributed by atoms with Crippen molar-refractivity contribution in [1.29, 1.82) is 0 Å². The molecule has 0 saturated heterocycles. The van der Waals surface area contributed by atoms with Gasteiger partial charge < -0.3 is 24.8 Å². The van der Waals surface area contributed by atoms with E-state index in [1.165, 1.54) is 37.7 Å². The first-order valence-corrected chi connectivity index (χ1v) is 11.8. The molecule has 0 radical (unpaired) electrons. The minimum absolute atomic E-state index is 0. The van der Waals surface area contributed by atoms with Gasteiger partial charge in [-0.25, -0.2) is 28.5 Å². The van der Waals surface area contributed by atoms with Crippen LogP contribution in [0.15, 0.2) is 71.9 Å². The molecular formula is C23H23N5O7S. The number of methoxy groups -OCH3 is 1. The normalized spacial score (nSPS) is 10.9. The van der Waals surface area contributed by atoms with Gasteiger partial charge in [-0.15, -0.1) is 0 Å². The number of aromatic nitrogens is 4. The highest BCUT2D eigenvalue weighted by Crippen LogP contribution is 2.43. The number of ether oxygens (including phenoxy) is 3. The van der Waals surface area contributed by atoms with E-state index in [0.29, 0.717) is 11.5 Å². The number of rotatable bonds is 9. The predicted octanol–water partition coefficient (Wildman–Crippen LogP) is 1.60. The van der Waals surface area contributed by atoms with E-state index in [0.717, 1.165) is 0 Å². The molecule has 0 unspecified atom stereocenters. The summed E-state index contributed by atoms with van der Waals surface area (Å²) in [6.07, 6.45) is 3.02. The van der Waals surface area contributed by atoms with E-state index in [1.807, 2.05) is 0 Å². The molecule has 0 aliphatic heterocycles. The average Bonchev–Trinajstić information content (AvgIpc) is 2.88. The number of hydrogen-bond acceptors (Lipinski definition) is 10. The van der Waals surface area contributed by atoms with Crippen LogP contribution in [-0.4, -0.2) is 59.3 Å². The highest BCUT2D eigenvalue weighted by atomic mass is 32.2. The maximum absolute atomic E-state index is 12.4. The molecule has 5 N–H and O–H groups in total. The Morgan fingerprint density at radius 1 is 0.917 bits per heavy atom. The molecule has 188 valence electrons. The van der Waals surface area contributed by atoms with Crippen LogP contribution in [0.3, 0.4) is 0 Å². The molecule has 12 nitrogen and oxygen atoms in total. The summed E-state index contributed by atoms with van der Waals surface area (Å²) in [5, 5.41) is 14.9. The van der Waals surface area contributed by atoms with E-state index >= 15 is 0 Å². The van der Waals surface area contributed by atoms with Crippen molar-refractivity contribution in [3.63, 3.8) is 0 Å². The molecule has 2 aromatic carbocycles. The third-order valence-electron chi connectivity index (χ3n) is 4.66. The average molecular weight is 514 g/mol. The molecule has 4 aromatic rings.